The van der Waals surface area contributed by atoms with E-state index in [1.807, 2.05) is 91.0 Å². The van der Waals surface area contributed by atoms with Crippen molar-refractivity contribution >= 4 is 11.6 Å². The van der Waals surface area contributed by atoms with E-state index in [9.17, 15) is 4.79 Å². The van der Waals surface area contributed by atoms with Crippen LogP contribution in [0.3, 0.4) is 0 Å². The molecule has 5 nitrogen and oxygen atoms in total. The van der Waals surface area contributed by atoms with Crippen LogP contribution >= 0.6 is 0 Å². The van der Waals surface area contributed by atoms with Crippen molar-refractivity contribution in [3.05, 3.63) is 131 Å². The van der Waals surface area contributed by atoms with Gasteiger partial charge in [-0.05, 0) is 35.2 Å². The number of hydrogen-bond acceptors (Lipinski definition) is 4. The molecule has 5 rings (SSSR count). The molecule has 0 aromatic heterocycles. The Morgan fingerprint density at radius 1 is 0.750 bits per heavy atom. The van der Waals surface area contributed by atoms with Crippen LogP contribution in [0, 0.1) is 0 Å². The number of ether oxygens (including phenoxy) is 2. The lowest BCUT2D eigenvalue weighted by Crippen LogP contribution is -2.31. The molecule has 0 N–H and O–H groups in total. The summed E-state index contributed by atoms with van der Waals surface area (Å²) in [5, 5.41) is 6.61. The molecule has 36 heavy (non-hydrogen) atoms. The fourth-order valence-electron chi connectivity index (χ4n) is 4.65. The van der Waals surface area contributed by atoms with Crippen LogP contribution in [-0.2, 0) is 17.8 Å². The number of amides is 1. The molecular formula is C31H28N2O3. The average Bonchev–Trinajstić information content (AvgIpc) is 3.04. The van der Waals surface area contributed by atoms with Gasteiger partial charge in [0.2, 0.25) is 0 Å². The second-order valence-corrected chi connectivity index (χ2v) is 8.73. The van der Waals surface area contributed by atoms with Gasteiger partial charge in [-0.1, -0.05) is 91.0 Å². The van der Waals surface area contributed by atoms with E-state index >= 15 is 0 Å². The van der Waals surface area contributed by atoms with E-state index < -0.39 is 5.92 Å². The van der Waals surface area contributed by atoms with E-state index in [0.29, 0.717) is 24.5 Å². The zero-order valence-electron chi connectivity index (χ0n) is 20.4. The Labute approximate surface area is 211 Å². The highest BCUT2D eigenvalue weighted by atomic mass is 16.5. The molecule has 1 unspecified atom stereocenters. The summed E-state index contributed by atoms with van der Waals surface area (Å²) in [6.07, 6.45) is 0.547. The number of carbonyl (C=O) groups excluding carboxylic acids is 1. The highest BCUT2D eigenvalue weighted by Gasteiger charge is 2.34. The maximum atomic E-state index is 14.2. The van der Waals surface area contributed by atoms with Gasteiger partial charge in [-0.25, -0.2) is 5.01 Å². The first-order chi connectivity index (χ1) is 17.7. The Morgan fingerprint density at radius 3 is 1.92 bits per heavy atom. The molecule has 4 aromatic carbocycles. The summed E-state index contributed by atoms with van der Waals surface area (Å²) in [4.78, 5) is 14.2. The molecule has 1 atom stereocenters. The van der Waals surface area contributed by atoms with Crippen molar-refractivity contribution in [2.24, 2.45) is 5.10 Å². The van der Waals surface area contributed by atoms with Crippen LogP contribution in [0.4, 0.5) is 0 Å². The van der Waals surface area contributed by atoms with Gasteiger partial charge in [0.05, 0.1) is 32.4 Å². The number of carbonyl (C=O) groups is 1. The smallest absolute Gasteiger partial charge is 0.250 e. The maximum Gasteiger partial charge on any atom is 0.250 e. The Hall–Kier alpha value is -4.38. The molecule has 0 fully saturated rings. The molecule has 5 heteroatoms. The topological polar surface area (TPSA) is 51.1 Å². The molecule has 0 saturated heterocycles. The molecule has 0 aliphatic carbocycles. The second-order valence-electron chi connectivity index (χ2n) is 8.73. The van der Waals surface area contributed by atoms with E-state index in [1.54, 1.807) is 19.2 Å². The molecule has 1 aliphatic heterocycles. The van der Waals surface area contributed by atoms with Crippen molar-refractivity contribution < 1.29 is 14.3 Å². The molecule has 180 valence electrons. The molecule has 0 saturated carbocycles. The third kappa shape index (κ3) is 4.73. The van der Waals surface area contributed by atoms with Crippen molar-refractivity contribution in [2.75, 3.05) is 14.2 Å². The summed E-state index contributed by atoms with van der Waals surface area (Å²) in [5.41, 5.74) is 5.49. The lowest BCUT2D eigenvalue weighted by atomic mass is 9.85. The normalized spacial score (nSPS) is 15.1. The van der Waals surface area contributed by atoms with Crippen LogP contribution in [0.15, 0.2) is 108 Å². The summed E-state index contributed by atoms with van der Waals surface area (Å²) < 4.78 is 11.3. The SMILES string of the molecule is COc1cc2c(cc1OC)C(Cc1ccccc1)C(=O)N(Cc1ccccc1)N=C2c1ccccc1. The number of methoxy groups -OCH3 is 2. The highest BCUT2D eigenvalue weighted by molar-refractivity contribution is 6.16. The minimum atomic E-state index is -0.448. The fourth-order valence-corrected chi connectivity index (χ4v) is 4.65. The van der Waals surface area contributed by atoms with Gasteiger partial charge in [0.1, 0.15) is 0 Å². The van der Waals surface area contributed by atoms with Crippen molar-refractivity contribution in [3.8, 4) is 11.5 Å². The summed E-state index contributed by atoms with van der Waals surface area (Å²) in [6.45, 7) is 0.379. The number of rotatable bonds is 7. The Kier molecular flexibility index (Phi) is 6.80. The van der Waals surface area contributed by atoms with E-state index in [2.05, 4.69) is 12.1 Å². The summed E-state index contributed by atoms with van der Waals surface area (Å²) >= 11 is 0. The van der Waals surface area contributed by atoms with E-state index in [4.69, 9.17) is 14.6 Å². The maximum absolute atomic E-state index is 14.2. The van der Waals surface area contributed by atoms with Gasteiger partial charge < -0.3 is 9.47 Å². The van der Waals surface area contributed by atoms with Gasteiger partial charge in [-0.15, -0.1) is 0 Å². The molecule has 0 spiro atoms. The van der Waals surface area contributed by atoms with Gasteiger partial charge in [0.15, 0.2) is 11.5 Å². The summed E-state index contributed by atoms with van der Waals surface area (Å²) in [5.74, 6) is 0.686. The average molecular weight is 477 g/mol. The standard InChI is InChI=1S/C31H28N2O3/c1-35-28-19-25-26(20-29(28)36-2)30(24-16-10-5-11-17-24)32-33(21-23-14-8-4-9-15-23)31(34)27(25)18-22-12-6-3-7-13-22/h3-17,19-20,27H,18,21H2,1-2H3. The number of nitrogens with zero attached hydrogens (tertiary/aromatic N) is 2. The number of hydrazone groups is 1. The second kappa shape index (κ2) is 10.5. The van der Waals surface area contributed by atoms with Crippen LogP contribution in [-0.4, -0.2) is 30.8 Å². The lowest BCUT2D eigenvalue weighted by Gasteiger charge is -2.23. The predicted octanol–water partition coefficient (Wildman–Crippen LogP) is 5.82. The number of hydrogen-bond donors (Lipinski definition) is 0. The molecule has 1 amide bonds. The van der Waals surface area contributed by atoms with E-state index in [0.717, 1.165) is 33.5 Å². The molecule has 0 radical (unpaired) electrons. The van der Waals surface area contributed by atoms with E-state index in [-0.39, 0.29) is 5.91 Å². The number of benzene rings is 4. The van der Waals surface area contributed by atoms with Crippen LogP contribution in [0.1, 0.15) is 33.7 Å². The predicted molar refractivity (Wildman–Crippen MR) is 142 cm³/mol. The van der Waals surface area contributed by atoms with Crippen molar-refractivity contribution in [1.29, 1.82) is 0 Å². The third-order valence-corrected chi connectivity index (χ3v) is 6.46. The molecule has 1 aliphatic rings. The third-order valence-electron chi connectivity index (χ3n) is 6.46. The first-order valence-corrected chi connectivity index (χ1v) is 12.0. The summed E-state index contributed by atoms with van der Waals surface area (Å²) in [6, 6.07) is 33.9. The lowest BCUT2D eigenvalue weighted by molar-refractivity contribution is -0.133. The quantitative estimate of drug-likeness (QED) is 0.337. The molecule has 4 aromatic rings. The summed E-state index contributed by atoms with van der Waals surface area (Å²) in [7, 11) is 3.23. The monoisotopic (exact) mass is 476 g/mol. The minimum Gasteiger partial charge on any atom is -0.493 e. The van der Waals surface area contributed by atoms with Crippen LogP contribution in [0.25, 0.3) is 0 Å². The first kappa shape index (κ1) is 23.4. The van der Waals surface area contributed by atoms with Gasteiger partial charge in [0, 0.05) is 11.1 Å². The zero-order valence-corrected chi connectivity index (χ0v) is 20.4. The van der Waals surface area contributed by atoms with Gasteiger partial charge in [-0.2, -0.15) is 5.10 Å². The van der Waals surface area contributed by atoms with Crippen LogP contribution in [0.2, 0.25) is 0 Å². The van der Waals surface area contributed by atoms with Crippen molar-refractivity contribution in [1.82, 2.24) is 5.01 Å². The van der Waals surface area contributed by atoms with E-state index in [1.165, 1.54) is 0 Å². The number of fused-ring (bicyclic) bond motifs is 1. The van der Waals surface area contributed by atoms with Gasteiger partial charge in [-0.3, -0.25) is 4.79 Å². The largest absolute Gasteiger partial charge is 0.493 e. The van der Waals surface area contributed by atoms with Crippen LogP contribution < -0.4 is 9.47 Å². The Balaban J connectivity index is 1.72. The fraction of sp³-hybridized carbons (Fsp3) is 0.161. The highest BCUT2D eigenvalue weighted by Crippen LogP contribution is 2.39. The Bertz CT molecular complexity index is 1370. The van der Waals surface area contributed by atoms with Gasteiger partial charge in [0.25, 0.3) is 5.91 Å². The molecule has 1 heterocycles. The molecule has 0 bridgehead atoms. The van der Waals surface area contributed by atoms with Gasteiger partial charge >= 0.3 is 0 Å². The molecular weight excluding hydrogens is 448 g/mol. The Morgan fingerprint density at radius 2 is 1.31 bits per heavy atom. The minimum absolute atomic E-state index is 0.0536. The first-order valence-electron chi connectivity index (χ1n) is 12.0. The van der Waals surface area contributed by atoms with Crippen molar-refractivity contribution in [3.63, 3.8) is 0 Å². The van der Waals surface area contributed by atoms with Crippen LogP contribution in [0.5, 0.6) is 11.5 Å². The zero-order chi connectivity index (χ0) is 24.9. The van der Waals surface area contributed by atoms with Crippen molar-refractivity contribution in [2.45, 2.75) is 18.9 Å².